The van der Waals surface area contributed by atoms with Gasteiger partial charge in [-0.05, 0) is 74.9 Å². The van der Waals surface area contributed by atoms with E-state index in [4.69, 9.17) is 0 Å². The first kappa shape index (κ1) is 75.8. The van der Waals surface area contributed by atoms with Crippen molar-refractivity contribution in [1.82, 2.24) is 21.3 Å². The van der Waals surface area contributed by atoms with Crippen LogP contribution in [0.15, 0.2) is 0 Å². The summed E-state index contributed by atoms with van der Waals surface area (Å²) in [4.78, 5) is 82.2. The molecule has 0 saturated heterocycles. The SMILES string of the molecule is CC.CC.CC.CC.CC.CC.Cc1c(C(=O)NC(CO)CO)c(C)c(N(C=O)CC(O)CN(C=O)c2c(C)c(C(=O)NC(CO)CO)c(C)c(C(=O)NC(CO)CO)c2C)c(C)c1C(=O)NC(CO)CO. The maximum Gasteiger partial charge on any atom is 0.252 e. The fraction of sp³-hybridized carbons (Fsp3) is 0.647. The summed E-state index contributed by atoms with van der Waals surface area (Å²) in [6.07, 6.45) is -1.00. The summed E-state index contributed by atoms with van der Waals surface area (Å²) in [5.41, 5.74) is 0.136. The lowest BCUT2D eigenvalue weighted by atomic mass is 9.89. The lowest BCUT2D eigenvalue weighted by Crippen LogP contribution is -2.44. The van der Waals surface area contributed by atoms with Crippen molar-refractivity contribution >= 4 is 47.8 Å². The molecule has 2 aromatic rings. The molecule has 6 amide bonds. The molecule has 72 heavy (non-hydrogen) atoms. The summed E-state index contributed by atoms with van der Waals surface area (Å²) in [5.74, 6) is -3.37. The summed E-state index contributed by atoms with van der Waals surface area (Å²) < 4.78 is 0. The summed E-state index contributed by atoms with van der Waals surface area (Å²) in [7, 11) is 0. The monoisotopic (exact) mass is 1030 g/mol. The first-order valence-electron chi connectivity index (χ1n) is 24.9. The van der Waals surface area contributed by atoms with Gasteiger partial charge < -0.3 is 77.0 Å². The highest BCUT2D eigenvalue weighted by Gasteiger charge is 2.32. The van der Waals surface area contributed by atoms with Gasteiger partial charge in [0, 0.05) is 22.3 Å². The third-order valence-electron chi connectivity index (χ3n) is 10.1. The highest BCUT2D eigenvalue weighted by molar-refractivity contribution is 6.08. The Labute approximate surface area is 429 Å². The number of amides is 6. The van der Waals surface area contributed by atoms with Crippen LogP contribution in [0, 0.1) is 41.5 Å². The topological polar surface area (TPSA) is 339 Å². The van der Waals surface area contributed by atoms with Gasteiger partial charge in [0.1, 0.15) is 0 Å². The van der Waals surface area contributed by atoms with E-state index in [0.717, 1.165) is 9.80 Å². The average Bonchev–Trinajstić information content (AvgIpc) is 3.40. The predicted octanol–water partition coefficient (Wildman–Crippen LogP) is 2.01. The van der Waals surface area contributed by atoms with E-state index in [1.807, 2.05) is 83.1 Å². The van der Waals surface area contributed by atoms with Crippen LogP contribution in [0.25, 0.3) is 0 Å². The number of anilines is 2. The Bertz CT molecular complexity index is 1630. The number of nitrogens with zero attached hydrogens (tertiary/aromatic N) is 2. The van der Waals surface area contributed by atoms with Gasteiger partial charge in [0.15, 0.2) is 0 Å². The van der Waals surface area contributed by atoms with Crippen molar-refractivity contribution in [1.29, 1.82) is 0 Å². The molecule has 0 aromatic heterocycles. The van der Waals surface area contributed by atoms with E-state index in [0.29, 0.717) is 12.8 Å². The second-order valence-corrected chi connectivity index (χ2v) is 14.3. The Morgan fingerprint density at radius 2 is 0.542 bits per heavy atom. The average molecular weight is 1030 g/mol. The zero-order valence-corrected chi connectivity index (χ0v) is 46.5. The number of hydrogen-bond donors (Lipinski definition) is 13. The van der Waals surface area contributed by atoms with Crippen LogP contribution in [0.2, 0.25) is 0 Å². The molecule has 0 heterocycles. The predicted molar refractivity (Wildman–Crippen MR) is 284 cm³/mol. The van der Waals surface area contributed by atoms with E-state index in [1.165, 1.54) is 41.5 Å². The van der Waals surface area contributed by atoms with Gasteiger partial charge in [-0.3, -0.25) is 28.8 Å². The fourth-order valence-corrected chi connectivity index (χ4v) is 7.15. The molecule has 0 unspecified atom stereocenters. The van der Waals surface area contributed by atoms with Crippen molar-refractivity contribution in [2.75, 3.05) is 75.7 Å². The van der Waals surface area contributed by atoms with Crippen LogP contribution in [0.3, 0.4) is 0 Å². The van der Waals surface area contributed by atoms with E-state index in [9.17, 15) is 74.7 Å². The Morgan fingerprint density at radius 1 is 0.375 bits per heavy atom. The number of carbonyl (C=O) groups is 6. The second kappa shape index (κ2) is 43.5. The molecule has 418 valence electrons. The van der Waals surface area contributed by atoms with Gasteiger partial charge >= 0.3 is 0 Å². The normalized spacial score (nSPS) is 10.0. The second-order valence-electron chi connectivity index (χ2n) is 14.3. The summed E-state index contributed by atoms with van der Waals surface area (Å²) >= 11 is 0. The number of rotatable bonds is 24. The van der Waals surface area contributed by atoms with Crippen LogP contribution in [-0.2, 0) is 9.59 Å². The van der Waals surface area contributed by atoms with Crippen LogP contribution >= 0.6 is 0 Å². The molecule has 0 saturated carbocycles. The van der Waals surface area contributed by atoms with E-state index in [1.54, 1.807) is 0 Å². The standard InChI is InChI=1S/C39H58N6O15.6C2H6/c1-19-30(36(57)40-25(9-46)10-47)21(3)34(22(4)31(19)37(58)41-26(11-48)12-49)44(17-54)7-29(56)8-45(18-55)35-23(5)32(38(59)42-27(13-50)14-51)20(2)33(24(35)6)39(60)43-28(15-52)16-53;6*1-2/h17-18,25-29,46-53,56H,7-16H2,1-6H3,(H,40,57)(H,41,58)(H,42,59)(H,43,60);6*1-2H3. The van der Waals surface area contributed by atoms with E-state index in [2.05, 4.69) is 21.3 Å². The molecule has 0 aliphatic rings. The number of nitrogens with one attached hydrogen (secondary N) is 4. The van der Waals surface area contributed by atoms with Gasteiger partial charge in [-0.15, -0.1) is 0 Å². The molecule has 2 rings (SSSR count). The fourth-order valence-electron chi connectivity index (χ4n) is 7.15. The number of benzene rings is 2. The van der Waals surface area contributed by atoms with Crippen molar-refractivity contribution in [2.24, 2.45) is 0 Å². The maximum absolute atomic E-state index is 13.6. The molecule has 0 spiro atoms. The number of aliphatic hydroxyl groups excluding tert-OH is 9. The van der Waals surface area contributed by atoms with Crippen molar-refractivity contribution in [3.05, 3.63) is 55.6 Å². The molecule has 0 aliphatic heterocycles. The van der Waals surface area contributed by atoms with Gasteiger partial charge in [-0.2, -0.15) is 0 Å². The lowest BCUT2D eigenvalue weighted by molar-refractivity contribution is -0.108. The smallest absolute Gasteiger partial charge is 0.252 e. The van der Waals surface area contributed by atoms with Crippen molar-refractivity contribution < 1.29 is 74.7 Å². The molecular formula is C51H94N6O15. The molecule has 21 heteroatoms. The van der Waals surface area contributed by atoms with Crippen LogP contribution < -0.4 is 31.1 Å². The lowest BCUT2D eigenvalue weighted by Gasteiger charge is -2.32. The number of hydrogen-bond acceptors (Lipinski definition) is 15. The minimum Gasteiger partial charge on any atom is -0.394 e. The number of aliphatic hydroxyl groups is 9. The summed E-state index contributed by atoms with van der Waals surface area (Å²) in [6, 6.07) is -4.41. The van der Waals surface area contributed by atoms with Crippen molar-refractivity contribution in [2.45, 2.75) is 155 Å². The molecule has 0 atom stereocenters. The Hall–Kier alpha value is -5.10. The molecule has 2 aromatic carbocycles. The van der Waals surface area contributed by atoms with E-state index in [-0.39, 0.29) is 67.0 Å². The van der Waals surface area contributed by atoms with Gasteiger partial charge in [-0.1, -0.05) is 83.1 Å². The first-order valence-corrected chi connectivity index (χ1v) is 24.9. The van der Waals surface area contributed by atoms with Gasteiger partial charge in [-0.25, -0.2) is 0 Å². The molecule has 0 radical (unpaired) electrons. The Kier molecular flexibility index (Phi) is 45.8. The molecule has 21 nitrogen and oxygen atoms in total. The quantitative estimate of drug-likeness (QED) is 0.0669. The van der Waals surface area contributed by atoms with Crippen molar-refractivity contribution in [3.8, 4) is 0 Å². The zero-order valence-electron chi connectivity index (χ0n) is 46.5. The zero-order chi connectivity index (χ0) is 57.6. The van der Waals surface area contributed by atoms with Crippen LogP contribution in [-0.4, -0.2) is 179 Å². The minimum atomic E-state index is -1.62. The third-order valence-corrected chi connectivity index (χ3v) is 10.1. The highest BCUT2D eigenvalue weighted by atomic mass is 16.3. The molecule has 0 aliphatic carbocycles. The molecular weight excluding hydrogens is 937 g/mol. The maximum atomic E-state index is 13.6. The van der Waals surface area contributed by atoms with Crippen LogP contribution in [0.1, 0.15) is 158 Å². The summed E-state index contributed by atoms with van der Waals surface area (Å²) in [6.45, 7) is 26.4. The first-order chi connectivity index (χ1) is 34.4. The molecule has 0 fully saturated rings. The third kappa shape index (κ3) is 21.5. The van der Waals surface area contributed by atoms with Gasteiger partial charge in [0.25, 0.3) is 23.6 Å². The van der Waals surface area contributed by atoms with E-state index >= 15 is 0 Å². The molecule has 13 N–H and O–H groups in total. The Balaban J connectivity index is -0.00000115. The minimum absolute atomic E-state index is 0.0260. The van der Waals surface area contributed by atoms with Crippen LogP contribution in [0.4, 0.5) is 11.4 Å². The van der Waals surface area contributed by atoms with E-state index < -0.39 is 120 Å². The van der Waals surface area contributed by atoms with Crippen LogP contribution in [0.5, 0.6) is 0 Å². The highest BCUT2D eigenvalue weighted by Crippen LogP contribution is 2.36. The summed E-state index contributed by atoms with van der Waals surface area (Å²) in [5, 5.41) is 98.4. The largest absolute Gasteiger partial charge is 0.394 e. The molecule has 0 bridgehead atoms. The van der Waals surface area contributed by atoms with Crippen molar-refractivity contribution in [3.63, 3.8) is 0 Å². The van der Waals surface area contributed by atoms with Gasteiger partial charge in [0.05, 0.1) is 108 Å². The number of carbonyl (C=O) groups excluding carboxylic acids is 6. The Morgan fingerprint density at radius 3 is 0.681 bits per heavy atom. The van der Waals surface area contributed by atoms with Gasteiger partial charge in [0.2, 0.25) is 12.8 Å².